The van der Waals surface area contributed by atoms with Gasteiger partial charge in [-0.25, -0.2) is 9.78 Å². The van der Waals surface area contributed by atoms with Crippen LogP contribution in [-0.2, 0) is 14.3 Å². The number of thiophene rings is 1. The average Bonchev–Trinajstić information content (AvgIpc) is 3.05. The van der Waals surface area contributed by atoms with Crippen LogP contribution >= 0.6 is 11.3 Å². The van der Waals surface area contributed by atoms with Gasteiger partial charge in [0.2, 0.25) is 0 Å². The van der Waals surface area contributed by atoms with Gasteiger partial charge in [-0.1, -0.05) is 0 Å². The summed E-state index contributed by atoms with van der Waals surface area (Å²) in [7, 11) is 0. The number of likely N-dealkylation sites (tertiary alicyclic amines) is 1. The van der Waals surface area contributed by atoms with Crippen LogP contribution in [0.3, 0.4) is 0 Å². The fraction of sp³-hybridized carbons (Fsp3) is 0.600. The summed E-state index contributed by atoms with van der Waals surface area (Å²) in [6.45, 7) is 9.51. The molecule has 0 amide bonds. The van der Waals surface area contributed by atoms with Crippen molar-refractivity contribution >= 4 is 33.5 Å². The maximum absolute atomic E-state index is 12.7. The molecule has 0 aliphatic carbocycles. The Morgan fingerprint density at radius 2 is 2.03 bits per heavy atom. The Labute approximate surface area is 173 Å². The van der Waals surface area contributed by atoms with E-state index in [-0.39, 0.29) is 30.1 Å². The average molecular weight is 423 g/mol. The number of H-pyrrole nitrogens is 1. The number of ether oxygens (including phenoxy) is 2. The summed E-state index contributed by atoms with van der Waals surface area (Å²) in [5.74, 6) is -0.141. The van der Waals surface area contributed by atoms with E-state index in [0.717, 1.165) is 19.4 Å². The van der Waals surface area contributed by atoms with E-state index >= 15 is 0 Å². The Bertz CT molecular complexity index is 967. The Morgan fingerprint density at radius 1 is 1.31 bits per heavy atom. The van der Waals surface area contributed by atoms with Crippen molar-refractivity contribution < 1.29 is 24.0 Å². The van der Waals surface area contributed by atoms with E-state index in [2.05, 4.69) is 9.97 Å². The number of piperidine rings is 1. The monoisotopic (exact) mass is 422 g/mol. The molecule has 2 N–H and O–H groups in total. The molecular formula is C20H28N3O5S+. The third-order valence-corrected chi connectivity index (χ3v) is 6.65. The molecule has 9 heteroatoms. The number of carbonyl (C=O) groups is 2. The van der Waals surface area contributed by atoms with Crippen molar-refractivity contribution in [1.29, 1.82) is 0 Å². The Balaban J connectivity index is 1.88. The molecule has 8 nitrogen and oxygen atoms in total. The van der Waals surface area contributed by atoms with Gasteiger partial charge in [-0.15, -0.1) is 11.3 Å². The zero-order chi connectivity index (χ0) is 21.1. The van der Waals surface area contributed by atoms with Crippen molar-refractivity contribution in [2.75, 3.05) is 26.3 Å². The number of carbonyl (C=O) groups excluding carboxylic acids is 2. The summed E-state index contributed by atoms with van der Waals surface area (Å²) in [6.07, 6.45) is 1.74. The zero-order valence-electron chi connectivity index (χ0n) is 17.3. The van der Waals surface area contributed by atoms with Crippen molar-refractivity contribution in [1.82, 2.24) is 9.97 Å². The van der Waals surface area contributed by atoms with E-state index in [1.54, 1.807) is 13.8 Å². The largest absolute Gasteiger partial charge is 0.466 e. The number of aryl methyl sites for hydroxylation is 1. The lowest BCUT2D eigenvalue weighted by Gasteiger charge is -2.32. The van der Waals surface area contributed by atoms with Crippen LogP contribution in [0.2, 0.25) is 0 Å². The van der Waals surface area contributed by atoms with Gasteiger partial charge in [0.05, 0.1) is 31.7 Å². The molecule has 1 aliphatic rings. The van der Waals surface area contributed by atoms with Crippen molar-refractivity contribution in [2.45, 2.75) is 46.6 Å². The van der Waals surface area contributed by atoms with Crippen LogP contribution in [0.1, 0.15) is 60.7 Å². The van der Waals surface area contributed by atoms with Gasteiger partial charge in [0, 0.05) is 0 Å². The van der Waals surface area contributed by atoms with Crippen molar-refractivity contribution in [3.05, 3.63) is 26.6 Å². The predicted octanol–water partition coefficient (Wildman–Crippen LogP) is 1.39. The molecule has 3 heterocycles. The minimum absolute atomic E-state index is 0.0854. The minimum atomic E-state index is -0.430. The van der Waals surface area contributed by atoms with Gasteiger partial charge >= 0.3 is 11.9 Å². The summed E-state index contributed by atoms with van der Waals surface area (Å²) in [5, 5.41) is 0.437. The van der Waals surface area contributed by atoms with Crippen molar-refractivity contribution in [3.8, 4) is 0 Å². The fourth-order valence-corrected chi connectivity index (χ4v) is 4.98. The maximum atomic E-state index is 12.7. The lowest BCUT2D eigenvalue weighted by molar-refractivity contribution is -0.937. The smallest absolute Gasteiger partial charge is 0.348 e. The number of rotatable bonds is 6. The number of quaternary nitrogens is 1. The van der Waals surface area contributed by atoms with Crippen LogP contribution in [0.5, 0.6) is 0 Å². The lowest BCUT2D eigenvalue weighted by Crippen LogP contribution is -3.13. The molecule has 3 rings (SSSR count). The number of esters is 2. The van der Waals surface area contributed by atoms with E-state index in [1.165, 1.54) is 16.2 Å². The van der Waals surface area contributed by atoms with Crippen molar-refractivity contribution in [2.24, 2.45) is 5.92 Å². The molecule has 2 aromatic heterocycles. The third-order valence-electron chi connectivity index (χ3n) is 5.48. The summed E-state index contributed by atoms with van der Waals surface area (Å²) < 4.78 is 10.3. The van der Waals surface area contributed by atoms with Gasteiger partial charge in [-0.05, 0) is 46.1 Å². The van der Waals surface area contributed by atoms with E-state index in [9.17, 15) is 14.4 Å². The molecule has 2 aromatic rings. The van der Waals surface area contributed by atoms with Crippen molar-refractivity contribution in [3.63, 3.8) is 0 Å². The number of aromatic amines is 1. The second-order valence-electron chi connectivity index (χ2n) is 7.33. The fourth-order valence-electron chi connectivity index (χ4n) is 3.90. The molecule has 0 saturated carbocycles. The molecule has 0 aromatic carbocycles. The number of nitrogens with one attached hydrogen (secondary N) is 2. The molecular weight excluding hydrogens is 394 g/mol. The molecule has 1 unspecified atom stereocenters. The second kappa shape index (κ2) is 9.04. The molecule has 0 spiro atoms. The normalized spacial score (nSPS) is 20.4. The van der Waals surface area contributed by atoms with E-state index in [4.69, 9.17) is 9.47 Å². The first-order valence-electron chi connectivity index (χ1n) is 10.1. The number of nitrogens with zero attached hydrogens (tertiary/aromatic N) is 1. The SMILES string of the molecule is CCOC(=O)c1sc2nc([C@@H](C)[NH+]3CCC[C@H](C(=O)OCC)C3)[nH]c(=O)c2c1C. The van der Waals surface area contributed by atoms with Crippen LogP contribution in [-0.4, -0.2) is 48.2 Å². The molecule has 1 aliphatic heterocycles. The van der Waals surface area contributed by atoms with Crippen LogP contribution in [0.4, 0.5) is 0 Å². The highest BCUT2D eigenvalue weighted by Gasteiger charge is 2.34. The summed E-state index contributed by atoms with van der Waals surface area (Å²) in [6, 6.07) is -0.0854. The van der Waals surface area contributed by atoms with Crippen LogP contribution in [0.25, 0.3) is 10.2 Å². The van der Waals surface area contributed by atoms with Gasteiger partial charge in [0.15, 0.2) is 5.82 Å². The Morgan fingerprint density at radius 3 is 2.72 bits per heavy atom. The molecule has 0 bridgehead atoms. The standard InChI is InChI=1S/C20H27N3O5S/c1-5-27-19(25)13-8-7-9-23(10-13)12(4)16-21-17(24)14-11(3)15(20(26)28-6-2)29-18(14)22-16/h12-13H,5-10H2,1-4H3,(H,21,22,24)/p+1/t12-,13+/m1/s1. The van der Waals surface area contributed by atoms with Crippen LogP contribution < -0.4 is 10.5 Å². The zero-order valence-corrected chi connectivity index (χ0v) is 18.1. The highest BCUT2D eigenvalue weighted by Crippen LogP contribution is 2.28. The summed E-state index contributed by atoms with van der Waals surface area (Å²) in [4.78, 5) is 46.7. The first-order valence-corrected chi connectivity index (χ1v) is 10.9. The number of aromatic nitrogens is 2. The third kappa shape index (κ3) is 4.35. The molecule has 158 valence electrons. The molecule has 0 radical (unpaired) electrons. The lowest BCUT2D eigenvalue weighted by atomic mass is 9.97. The van der Waals surface area contributed by atoms with Crippen LogP contribution in [0.15, 0.2) is 4.79 Å². The number of hydrogen-bond acceptors (Lipinski definition) is 7. The molecule has 1 fully saturated rings. The van der Waals surface area contributed by atoms with Gasteiger partial charge in [-0.2, -0.15) is 0 Å². The Hall–Kier alpha value is -2.26. The quantitative estimate of drug-likeness (QED) is 0.682. The molecule has 1 saturated heterocycles. The molecule has 3 atom stereocenters. The van der Waals surface area contributed by atoms with E-state index in [0.29, 0.717) is 39.6 Å². The predicted molar refractivity (Wildman–Crippen MR) is 109 cm³/mol. The second-order valence-corrected chi connectivity index (χ2v) is 8.33. The summed E-state index contributed by atoms with van der Waals surface area (Å²) >= 11 is 1.19. The Kier molecular flexibility index (Phi) is 6.69. The topological polar surface area (TPSA) is 103 Å². The first-order chi connectivity index (χ1) is 13.9. The van der Waals surface area contributed by atoms with Gasteiger partial charge in [-0.3, -0.25) is 9.59 Å². The minimum Gasteiger partial charge on any atom is -0.466 e. The van der Waals surface area contributed by atoms with E-state index in [1.807, 2.05) is 13.8 Å². The van der Waals surface area contributed by atoms with Crippen LogP contribution in [0, 0.1) is 12.8 Å². The van der Waals surface area contributed by atoms with Gasteiger partial charge < -0.3 is 19.4 Å². The van der Waals surface area contributed by atoms with Gasteiger partial charge in [0.25, 0.3) is 5.56 Å². The number of fused-ring (bicyclic) bond motifs is 1. The van der Waals surface area contributed by atoms with Gasteiger partial charge in [0.1, 0.15) is 21.7 Å². The first kappa shape index (κ1) is 21.4. The highest BCUT2D eigenvalue weighted by molar-refractivity contribution is 7.20. The highest BCUT2D eigenvalue weighted by atomic mass is 32.1. The molecule has 29 heavy (non-hydrogen) atoms. The van der Waals surface area contributed by atoms with E-state index < -0.39 is 5.97 Å². The number of hydrogen-bond donors (Lipinski definition) is 2. The summed E-state index contributed by atoms with van der Waals surface area (Å²) in [5.41, 5.74) is 0.351. The maximum Gasteiger partial charge on any atom is 0.348 e.